The van der Waals surface area contributed by atoms with Gasteiger partial charge in [-0.3, -0.25) is 0 Å². The lowest BCUT2D eigenvalue weighted by atomic mass is 10.7. The molecule has 0 amide bonds. The van der Waals surface area contributed by atoms with Crippen molar-refractivity contribution in [2.24, 2.45) is 0 Å². The molecule has 50 valence electrons. The Morgan fingerprint density at radius 1 is 1.12 bits per heavy atom. The van der Waals surface area contributed by atoms with Crippen LogP contribution in [0.15, 0.2) is 0 Å². The summed E-state index contributed by atoms with van der Waals surface area (Å²) in [6.07, 6.45) is 0. The number of hydrogen-bond acceptors (Lipinski definition) is 1. The van der Waals surface area contributed by atoms with Crippen molar-refractivity contribution in [2.45, 2.75) is 26.9 Å². The van der Waals surface area contributed by atoms with E-state index in [9.17, 15) is 0 Å². The van der Waals surface area contributed by atoms with E-state index >= 15 is 0 Å². The van der Waals surface area contributed by atoms with Gasteiger partial charge in [0.25, 0.3) is 0 Å². The van der Waals surface area contributed by atoms with Crippen LogP contribution in [-0.4, -0.2) is 26.6 Å². The third kappa shape index (κ3) is 2.48. The average molecular weight is 130 g/mol. The predicted molar refractivity (Wildman–Crippen MR) is 40.4 cm³/mol. The molecule has 0 N–H and O–H groups in total. The van der Waals surface area contributed by atoms with Crippen molar-refractivity contribution in [2.75, 3.05) is 13.1 Å². The molecule has 0 aliphatic heterocycles. The van der Waals surface area contributed by atoms with Crippen LogP contribution in [0, 0.1) is 0 Å². The summed E-state index contributed by atoms with van der Waals surface area (Å²) in [5.74, 6) is 0. The lowest BCUT2D eigenvalue weighted by Gasteiger charge is -2.35. The lowest BCUT2D eigenvalue weighted by molar-refractivity contribution is 0.484. The van der Waals surface area contributed by atoms with E-state index in [2.05, 4.69) is 31.5 Å². The molecule has 0 bridgehead atoms. The van der Waals surface area contributed by atoms with Crippen molar-refractivity contribution < 1.29 is 0 Å². The Morgan fingerprint density at radius 2 is 1.50 bits per heavy atom. The molecular weight excluding hydrogens is 114 g/mol. The zero-order valence-corrected chi connectivity index (χ0v) is 7.36. The van der Waals surface area contributed by atoms with E-state index in [-0.39, 0.29) is 8.96 Å². The zero-order chi connectivity index (χ0) is 6.57. The van der Waals surface area contributed by atoms with Crippen molar-refractivity contribution in [1.82, 2.24) is 4.57 Å². The molecule has 0 radical (unpaired) electrons. The van der Waals surface area contributed by atoms with Crippen LogP contribution in [0.1, 0.15) is 13.8 Å². The highest BCUT2D eigenvalue weighted by Crippen LogP contribution is 1.90. The van der Waals surface area contributed by atoms with Gasteiger partial charge in [0.05, 0.1) is 0 Å². The minimum absolute atomic E-state index is 0.141. The van der Waals surface area contributed by atoms with Crippen LogP contribution in [-0.2, 0) is 0 Å². The van der Waals surface area contributed by atoms with Gasteiger partial charge in [-0.1, -0.05) is 13.8 Å². The molecule has 8 heavy (non-hydrogen) atoms. The SMILES string of the molecule is CCN(CC)[Si-](C)C. The molecule has 0 aromatic heterocycles. The quantitative estimate of drug-likeness (QED) is 0.524. The summed E-state index contributed by atoms with van der Waals surface area (Å²) in [5, 5.41) is 0. The molecular formula is C6H16NSi-. The van der Waals surface area contributed by atoms with Crippen LogP contribution >= 0.6 is 0 Å². The second kappa shape index (κ2) is 4.10. The summed E-state index contributed by atoms with van der Waals surface area (Å²) < 4.78 is 2.52. The highest BCUT2D eigenvalue weighted by molar-refractivity contribution is 6.52. The van der Waals surface area contributed by atoms with Crippen LogP contribution < -0.4 is 0 Å². The van der Waals surface area contributed by atoms with Gasteiger partial charge < -0.3 is 4.57 Å². The van der Waals surface area contributed by atoms with E-state index in [1.165, 1.54) is 13.1 Å². The summed E-state index contributed by atoms with van der Waals surface area (Å²) in [6.45, 7) is 11.5. The first-order chi connectivity index (χ1) is 3.72. The topological polar surface area (TPSA) is 3.24 Å². The van der Waals surface area contributed by atoms with Gasteiger partial charge in [-0.15, -0.1) is 0 Å². The van der Waals surface area contributed by atoms with Gasteiger partial charge in [0.2, 0.25) is 0 Å². The molecule has 0 spiro atoms. The molecule has 0 aliphatic carbocycles. The van der Waals surface area contributed by atoms with E-state index in [4.69, 9.17) is 0 Å². The molecule has 0 heterocycles. The molecule has 0 fully saturated rings. The summed E-state index contributed by atoms with van der Waals surface area (Å²) in [7, 11) is -0.141. The van der Waals surface area contributed by atoms with Gasteiger partial charge in [0.15, 0.2) is 0 Å². The molecule has 1 nitrogen and oxygen atoms in total. The van der Waals surface area contributed by atoms with Crippen LogP contribution in [0.25, 0.3) is 0 Å². The molecule has 0 aromatic rings. The fourth-order valence-corrected chi connectivity index (χ4v) is 2.12. The van der Waals surface area contributed by atoms with E-state index < -0.39 is 0 Å². The fraction of sp³-hybridized carbons (Fsp3) is 1.00. The molecule has 0 atom stereocenters. The monoisotopic (exact) mass is 130 g/mol. The summed E-state index contributed by atoms with van der Waals surface area (Å²) in [6, 6.07) is 0. The summed E-state index contributed by atoms with van der Waals surface area (Å²) >= 11 is 0. The minimum atomic E-state index is -0.141. The van der Waals surface area contributed by atoms with Gasteiger partial charge in [0, 0.05) is 0 Å². The molecule has 0 saturated carbocycles. The highest BCUT2D eigenvalue weighted by Gasteiger charge is 1.88. The maximum atomic E-state index is 2.52. The first-order valence-electron chi connectivity index (χ1n) is 3.27. The zero-order valence-electron chi connectivity index (χ0n) is 6.36. The number of hydrogen-bond donors (Lipinski definition) is 0. The smallest absolute Gasteiger partial charge is 0.0393 e. The fourth-order valence-electron chi connectivity index (χ4n) is 0.856. The van der Waals surface area contributed by atoms with Crippen LogP contribution in [0.3, 0.4) is 0 Å². The van der Waals surface area contributed by atoms with E-state index in [0.717, 1.165) is 0 Å². The summed E-state index contributed by atoms with van der Waals surface area (Å²) in [5.41, 5.74) is 0. The Morgan fingerprint density at radius 3 is 1.50 bits per heavy atom. The maximum Gasteiger partial charge on any atom is -0.0393 e. The Hall–Kier alpha value is 0.177. The van der Waals surface area contributed by atoms with Crippen molar-refractivity contribution in [3.63, 3.8) is 0 Å². The Kier molecular flexibility index (Phi) is 4.19. The molecule has 0 aliphatic rings. The third-order valence-corrected chi connectivity index (χ3v) is 3.29. The van der Waals surface area contributed by atoms with Crippen LogP contribution in [0.2, 0.25) is 13.1 Å². The maximum absolute atomic E-state index is 2.52. The van der Waals surface area contributed by atoms with Gasteiger partial charge in [-0.05, 0) is 13.1 Å². The normalized spacial score (nSPS) is 11.2. The number of nitrogens with zero attached hydrogens (tertiary/aromatic N) is 1. The highest BCUT2D eigenvalue weighted by atomic mass is 28.3. The van der Waals surface area contributed by atoms with Gasteiger partial charge in [-0.2, -0.15) is 22.1 Å². The first kappa shape index (κ1) is 8.18. The molecule has 2 heteroatoms. The van der Waals surface area contributed by atoms with Gasteiger partial charge in [-0.25, -0.2) is 0 Å². The minimum Gasteiger partial charge on any atom is -0.476 e. The van der Waals surface area contributed by atoms with Gasteiger partial charge >= 0.3 is 0 Å². The van der Waals surface area contributed by atoms with Crippen molar-refractivity contribution in [1.29, 1.82) is 0 Å². The Labute approximate surface area is 54.4 Å². The second-order valence-electron chi connectivity index (χ2n) is 2.12. The Balaban J connectivity index is 3.35. The molecule has 0 aromatic carbocycles. The lowest BCUT2D eigenvalue weighted by Crippen LogP contribution is -2.33. The largest absolute Gasteiger partial charge is 0.476 e. The molecule has 0 unspecified atom stereocenters. The van der Waals surface area contributed by atoms with Crippen LogP contribution in [0.4, 0.5) is 0 Å². The van der Waals surface area contributed by atoms with E-state index in [1.807, 2.05) is 0 Å². The van der Waals surface area contributed by atoms with Crippen molar-refractivity contribution in [3.05, 3.63) is 0 Å². The summed E-state index contributed by atoms with van der Waals surface area (Å²) in [4.78, 5) is 0. The van der Waals surface area contributed by atoms with E-state index in [1.54, 1.807) is 0 Å². The predicted octanol–water partition coefficient (Wildman–Crippen LogP) is 1.58. The average Bonchev–Trinajstić information content (AvgIpc) is 1.69. The second-order valence-corrected chi connectivity index (χ2v) is 4.65. The third-order valence-electron chi connectivity index (χ3n) is 1.40. The van der Waals surface area contributed by atoms with E-state index in [0.29, 0.717) is 0 Å². The van der Waals surface area contributed by atoms with Crippen LogP contribution in [0.5, 0.6) is 0 Å². The standard InChI is InChI=1S/C6H16NSi/c1-5-7(6-2)8(3)4/h5-6H2,1-4H3/q-1. The molecule has 0 rings (SSSR count). The van der Waals surface area contributed by atoms with Crippen molar-refractivity contribution in [3.8, 4) is 0 Å². The van der Waals surface area contributed by atoms with Crippen molar-refractivity contribution >= 4 is 8.96 Å². The Bertz CT molecular complexity index is 50.5. The molecule has 0 saturated heterocycles. The first-order valence-corrected chi connectivity index (χ1v) is 5.72. The number of rotatable bonds is 3. The van der Waals surface area contributed by atoms with Gasteiger partial charge in [0.1, 0.15) is 0 Å².